The predicted octanol–water partition coefficient (Wildman–Crippen LogP) is 2.00. The van der Waals surface area contributed by atoms with Gasteiger partial charge in [-0.3, -0.25) is 9.48 Å². The first-order valence-electron chi connectivity index (χ1n) is 7.23. The van der Waals surface area contributed by atoms with E-state index in [2.05, 4.69) is 10.4 Å². The van der Waals surface area contributed by atoms with Crippen molar-refractivity contribution in [3.8, 4) is 0 Å². The summed E-state index contributed by atoms with van der Waals surface area (Å²) in [5.41, 5.74) is 7.19. The lowest BCUT2D eigenvalue weighted by Crippen LogP contribution is -2.50. The summed E-state index contributed by atoms with van der Waals surface area (Å²) in [5.74, 6) is 0.189. The van der Waals surface area contributed by atoms with Crippen molar-refractivity contribution >= 4 is 11.6 Å². The number of carbonyl (C=O) groups is 1. The second-order valence-corrected chi connectivity index (χ2v) is 5.87. The maximum Gasteiger partial charge on any atom is 0.244 e. The van der Waals surface area contributed by atoms with Crippen molar-refractivity contribution in [2.45, 2.75) is 31.8 Å². The molecule has 0 spiro atoms. The van der Waals surface area contributed by atoms with Gasteiger partial charge in [0, 0.05) is 18.1 Å². The molecule has 1 heterocycles. The highest BCUT2D eigenvalue weighted by molar-refractivity contribution is 5.98. The van der Waals surface area contributed by atoms with E-state index in [4.69, 9.17) is 5.73 Å². The van der Waals surface area contributed by atoms with Gasteiger partial charge in [0.2, 0.25) is 5.91 Å². The maximum absolute atomic E-state index is 12.4. The average Bonchev–Trinajstić information content (AvgIpc) is 3.21. The molecule has 5 heteroatoms. The molecule has 1 aromatic heterocycles. The van der Waals surface area contributed by atoms with Gasteiger partial charge in [-0.05, 0) is 43.4 Å². The summed E-state index contributed by atoms with van der Waals surface area (Å²) < 4.78 is 1.83. The van der Waals surface area contributed by atoms with E-state index in [0.29, 0.717) is 12.5 Å². The third-order valence-electron chi connectivity index (χ3n) is 4.07. The van der Waals surface area contributed by atoms with Crippen LogP contribution in [0.15, 0.2) is 42.7 Å². The summed E-state index contributed by atoms with van der Waals surface area (Å²) in [5, 5.41) is 7.18. The van der Waals surface area contributed by atoms with E-state index in [1.807, 2.05) is 48.1 Å². The minimum absolute atomic E-state index is 0.113. The summed E-state index contributed by atoms with van der Waals surface area (Å²) in [6, 6.07) is 9.64. The summed E-state index contributed by atoms with van der Waals surface area (Å²) >= 11 is 0. The number of hydrogen-bond donors (Lipinski definition) is 2. The Bertz CT molecular complexity index is 629. The molecule has 3 rings (SSSR count). The normalized spacial score (nSPS) is 17.2. The van der Waals surface area contributed by atoms with Crippen molar-refractivity contribution in [1.29, 1.82) is 0 Å². The van der Waals surface area contributed by atoms with Crippen molar-refractivity contribution in [2.75, 3.05) is 5.32 Å². The molecule has 1 unspecified atom stereocenters. The molecule has 2 aromatic rings. The highest BCUT2D eigenvalue weighted by Crippen LogP contribution is 2.38. The monoisotopic (exact) mass is 284 g/mol. The summed E-state index contributed by atoms with van der Waals surface area (Å²) in [7, 11) is 0. The van der Waals surface area contributed by atoms with Gasteiger partial charge in [0.25, 0.3) is 0 Å². The van der Waals surface area contributed by atoms with Gasteiger partial charge in [-0.25, -0.2) is 0 Å². The molecule has 21 heavy (non-hydrogen) atoms. The molecule has 1 amide bonds. The van der Waals surface area contributed by atoms with Gasteiger partial charge in [-0.2, -0.15) is 5.10 Å². The predicted molar refractivity (Wildman–Crippen MR) is 81.7 cm³/mol. The maximum atomic E-state index is 12.4. The standard InChI is InChI=1S/C16H20N4O/c1-16(17,13-7-8-13)15(21)19-14-6-3-2-5-12(14)11-20-10-4-9-18-20/h2-6,9-10,13H,7-8,11,17H2,1H3,(H,19,21). The fraction of sp³-hybridized carbons (Fsp3) is 0.375. The molecule has 1 saturated carbocycles. The Kier molecular flexibility index (Phi) is 3.51. The van der Waals surface area contributed by atoms with Crippen LogP contribution < -0.4 is 11.1 Å². The zero-order valence-electron chi connectivity index (χ0n) is 12.1. The molecule has 1 aliphatic carbocycles. The Morgan fingerprint density at radius 2 is 2.19 bits per heavy atom. The van der Waals surface area contributed by atoms with Crippen LogP contribution in [-0.4, -0.2) is 21.2 Å². The quantitative estimate of drug-likeness (QED) is 0.882. The summed E-state index contributed by atoms with van der Waals surface area (Å²) in [6.45, 7) is 2.43. The number of rotatable bonds is 5. The average molecular weight is 284 g/mol. The van der Waals surface area contributed by atoms with Crippen molar-refractivity contribution in [2.24, 2.45) is 11.7 Å². The summed E-state index contributed by atoms with van der Waals surface area (Å²) in [6.07, 6.45) is 5.71. The van der Waals surface area contributed by atoms with Crippen LogP contribution >= 0.6 is 0 Å². The van der Waals surface area contributed by atoms with Crippen LogP contribution in [0.1, 0.15) is 25.3 Å². The van der Waals surface area contributed by atoms with Gasteiger partial charge in [-0.1, -0.05) is 18.2 Å². The van der Waals surface area contributed by atoms with Gasteiger partial charge >= 0.3 is 0 Å². The Hall–Kier alpha value is -2.14. The van der Waals surface area contributed by atoms with E-state index in [9.17, 15) is 4.79 Å². The third-order valence-corrected chi connectivity index (χ3v) is 4.07. The van der Waals surface area contributed by atoms with E-state index in [0.717, 1.165) is 24.1 Å². The van der Waals surface area contributed by atoms with Crippen molar-refractivity contribution in [3.05, 3.63) is 48.3 Å². The third kappa shape index (κ3) is 2.97. The van der Waals surface area contributed by atoms with Gasteiger partial charge in [-0.15, -0.1) is 0 Å². The molecular weight excluding hydrogens is 264 g/mol. The molecule has 1 fully saturated rings. The lowest BCUT2D eigenvalue weighted by atomic mass is 9.96. The van der Waals surface area contributed by atoms with Gasteiger partial charge in [0.15, 0.2) is 0 Å². The van der Waals surface area contributed by atoms with Crippen LogP contribution in [0.5, 0.6) is 0 Å². The second-order valence-electron chi connectivity index (χ2n) is 5.87. The highest BCUT2D eigenvalue weighted by atomic mass is 16.2. The molecule has 0 aliphatic heterocycles. The first-order chi connectivity index (χ1) is 10.1. The zero-order valence-corrected chi connectivity index (χ0v) is 12.1. The van der Waals surface area contributed by atoms with Crippen LogP contribution in [-0.2, 0) is 11.3 Å². The van der Waals surface area contributed by atoms with E-state index in [1.165, 1.54) is 0 Å². The lowest BCUT2D eigenvalue weighted by molar-refractivity contribution is -0.121. The van der Waals surface area contributed by atoms with E-state index in [1.54, 1.807) is 6.20 Å². The van der Waals surface area contributed by atoms with E-state index in [-0.39, 0.29) is 5.91 Å². The van der Waals surface area contributed by atoms with Crippen LogP contribution in [0.2, 0.25) is 0 Å². The number of nitrogens with two attached hydrogens (primary N) is 1. The number of para-hydroxylation sites is 1. The number of carbonyl (C=O) groups excluding carboxylic acids is 1. The first kappa shape index (κ1) is 13.8. The number of benzene rings is 1. The molecule has 5 nitrogen and oxygen atoms in total. The largest absolute Gasteiger partial charge is 0.324 e. The Morgan fingerprint density at radius 3 is 2.86 bits per heavy atom. The number of amides is 1. The lowest BCUT2D eigenvalue weighted by Gasteiger charge is -2.24. The van der Waals surface area contributed by atoms with Gasteiger partial charge in [0.1, 0.15) is 0 Å². The van der Waals surface area contributed by atoms with Gasteiger partial charge in [0.05, 0.1) is 12.1 Å². The number of anilines is 1. The Balaban J connectivity index is 1.77. The summed E-state index contributed by atoms with van der Waals surface area (Å²) in [4.78, 5) is 12.4. The molecule has 3 N–H and O–H groups in total. The van der Waals surface area contributed by atoms with Crippen molar-refractivity contribution in [1.82, 2.24) is 9.78 Å². The molecule has 1 aromatic carbocycles. The molecule has 1 atom stereocenters. The van der Waals surface area contributed by atoms with Crippen LogP contribution in [0.4, 0.5) is 5.69 Å². The molecule has 0 radical (unpaired) electrons. The number of nitrogens with zero attached hydrogens (tertiary/aromatic N) is 2. The molecule has 110 valence electrons. The first-order valence-corrected chi connectivity index (χ1v) is 7.23. The minimum Gasteiger partial charge on any atom is -0.324 e. The number of hydrogen-bond acceptors (Lipinski definition) is 3. The molecular formula is C16H20N4O. The Labute approximate surface area is 124 Å². The zero-order chi connectivity index (χ0) is 14.9. The van der Waals surface area contributed by atoms with Crippen molar-refractivity contribution < 1.29 is 4.79 Å². The van der Waals surface area contributed by atoms with Crippen LogP contribution in [0, 0.1) is 5.92 Å². The topological polar surface area (TPSA) is 72.9 Å². The molecule has 0 bridgehead atoms. The van der Waals surface area contributed by atoms with Gasteiger partial charge < -0.3 is 11.1 Å². The number of aromatic nitrogens is 2. The number of nitrogens with one attached hydrogen (secondary N) is 1. The van der Waals surface area contributed by atoms with Crippen molar-refractivity contribution in [3.63, 3.8) is 0 Å². The minimum atomic E-state index is -0.793. The SMILES string of the molecule is CC(N)(C(=O)Nc1ccccc1Cn1cccn1)C1CC1. The Morgan fingerprint density at radius 1 is 1.43 bits per heavy atom. The highest BCUT2D eigenvalue weighted by Gasteiger charge is 2.44. The smallest absolute Gasteiger partial charge is 0.244 e. The van der Waals surface area contributed by atoms with E-state index >= 15 is 0 Å². The van der Waals surface area contributed by atoms with Crippen LogP contribution in [0.25, 0.3) is 0 Å². The molecule has 1 aliphatic rings. The molecule has 0 saturated heterocycles. The fourth-order valence-electron chi connectivity index (χ4n) is 2.47. The van der Waals surface area contributed by atoms with Crippen LogP contribution in [0.3, 0.4) is 0 Å². The van der Waals surface area contributed by atoms with E-state index < -0.39 is 5.54 Å². The second kappa shape index (κ2) is 5.33. The fourth-order valence-corrected chi connectivity index (χ4v) is 2.47.